The van der Waals surface area contributed by atoms with Crippen LogP contribution in [0, 0.1) is 6.92 Å². The molecule has 36 heavy (non-hydrogen) atoms. The van der Waals surface area contributed by atoms with Crippen molar-refractivity contribution in [2.24, 2.45) is 0 Å². The second-order valence-corrected chi connectivity index (χ2v) is 12.4. The predicted octanol–water partition coefficient (Wildman–Crippen LogP) is 7.75. The van der Waals surface area contributed by atoms with Crippen molar-refractivity contribution in [2.75, 3.05) is 25.0 Å². The quantitative estimate of drug-likeness (QED) is 0.203. The van der Waals surface area contributed by atoms with Crippen LogP contribution >= 0.6 is 43.2 Å². The number of thiophene rings is 1. The summed E-state index contributed by atoms with van der Waals surface area (Å²) in [4.78, 5) is 20.5. The maximum absolute atomic E-state index is 12.7. The van der Waals surface area contributed by atoms with E-state index < -0.39 is 0 Å². The zero-order valence-electron chi connectivity index (χ0n) is 20.1. The summed E-state index contributed by atoms with van der Waals surface area (Å²) in [5, 5.41) is 3.01. The van der Waals surface area contributed by atoms with Crippen molar-refractivity contribution in [1.29, 1.82) is 0 Å². The van der Waals surface area contributed by atoms with Crippen LogP contribution in [0.1, 0.15) is 40.1 Å². The molecule has 5 rings (SSSR count). The maximum Gasteiger partial charge on any atom is 0.265 e. The van der Waals surface area contributed by atoms with E-state index in [9.17, 15) is 4.79 Å². The number of fused-ring (bicyclic) bond motifs is 1. The number of halogens is 2. The number of rotatable bonds is 8. The Kier molecular flexibility index (Phi) is 8.06. The number of carbonyl (C=O) groups is 1. The predicted molar refractivity (Wildman–Crippen MR) is 157 cm³/mol. The Hall–Kier alpha value is -2.26. The first-order valence-electron chi connectivity index (χ1n) is 12.2. The van der Waals surface area contributed by atoms with Gasteiger partial charge in [0.1, 0.15) is 0 Å². The Morgan fingerprint density at radius 3 is 2.64 bits per heavy atom. The Morgan fingerprint density at radius 2 is 1.92 bits per heavy atom. The number of amides is 1. The smallest absolute Gasteiger partial charge is 0.265 e. The summed E-state index contributed by atoms with van der Waals surface area (Å²) in [6.07, 6.45) is 7.70. The summed E-state index contributed by atoms with van der Waals surface area (Å²) >= 11 is 8.30. The molecule has 4 aromatic rings. The molecular weight excluding hydrogens is 600 g/mol. The van der Waals surface area contributed by atoms with Crippen molar-refractivity contribution in [3.63, 3.8) is 0 Å². The maximum atomic E-state index is 12.7. The van der Waals surface area contributed by atoms with Gasteiger partial charge in [-0.25, -0.2) is 4.98 Å². The van der Waals surface area contributed by atoms with Crippen LogP contribution in [0.2, 0.25) is 0 Å². The van der Waals surface area contributed by atoms with Crippen molar-refractivity contribution in [3.8, 4) is 0 Å². The van der Waals surface area contributed by atoms with E-state index in [0.29, 0.717) is 4.88 Å². The van der Waals surface area contributed by atoms with E-state index in [2.05, 4.69) is 95.0 Å². The molecule has 5 nitrogen and oxygen atoms in total. The largest absolute Gasteiger partial charge is 0.330 e. The standard InChI is InChI=1S/C28H28Br2N4OS/c1-19-15-22(32-28(35)25-17-23(29)27(30)36-25)16-24-26(19)34(18-31-24)12-6-5-11-33-13-9-21(10-14-33)20-7-3-2-4-8-20/h2-4,7-9,15-18H,5-6,10-14H2,1H3,(H,32,35). The molecule has 0 saturated heterocycles. The molecule has 0 spiro atoms. The fourth-order valence-electron chi connectivity index (χ4n) is 4.76. The Labute approximate surface area is 232 Å². The number of imidazole rings is 1. The molecular formula is C28H28Br2N4OS. The third kappa shape index (κ3) is 5.83. The number of carbonyl (C=O) groups excluding carboxylic acids is 1. The van der Waals surface area contributed by atoms with Crippen LogP contribution in [0.5, 0.6) is 0 Å². The van der Waals surface area contributed by atoms with Crippen molar-refractivity contribution >= 4 is 71.4 Å². The number of unbranched alkanes of at least 4 members (excludes halogenated alkanes) is 1. The van der Waals surface area contributed by atoms with Crippen LogP contribution in [0.15, 0.2) is 69.2 Å². The molecule has 2 aromatic heterocycles. The van der Waals surface area contributed by atoms with Gasteiger partial charge in [0.25, 0.3) is 5.91 Å². The van der Waals surface area contributed by atoms with Crippen LogP contribution in [0.3, 0.4) is 0 Å². The second kappa shape index (κ2) is 11.4. The SMILES string of the molecule is Cc1cc(NC(=O)c2cc(Br)c(Br)s2)cc2ncn(CCCCN3CC=C(c4ccccc4)CC3)c12. The Morgan fingerprint density at radius 1 is 1.11 bits per heavy atom. The molecule has 0 bridgehead atoms. The minimum Gasteiger partial charge on any atom is -0.330 e. The van der Waals surface area contributed by atoms with Gasteiger partial charge in [0.2, 0.25) is 0 Å². The number of hydrogen-bond acceptors (Lipinski definition) is 4. The summed E-state index contributed by atoms with van der Waals surface area (Å²) in [7, 11) is 0. The van der Waals surface area contributed by atoms with E-state index in [0.717, 1.165) is 76.0 Å². The van der Waals surface area contributed by atoms with Crippen molar-refractivity contribution in [3.05, 3.63) is 85.2 Å². The van der Waals surface area contributed by atoms with Gasteiger partial charge in [-0.1, -0.05) is 36.4 Å². The zero-order chi connectivity index (χ0) is 25.1. The lowest BCUT2D eigenvalue weighted by molar-refractivity contribution is 0.103. The van der Waals surface area contributed by atoms with Gasteiger partial charge in [0, 0.05) is 29.8 Å². The first kappa shape index (κ1) is 25.4. The number of hydrogen-bond donors (Lipinski definition) is 1. The molecule has 0 atom stereocenters. The molecule has 1 N–H and O–H groups in total. The average Bonchev–Trinajstić information content (AvgIpc) is 3.45. The van der Waals surface area contributed by atoms with E-state index in [1.54, 1.807) is 0 Å². The monoisotopic (exact) mass is 626 g/mol. The molecule has 1 aliphatic heterocycles. The Bertz CT molecular complexity index is 1390. The van der Waals surface area contributed by atoms with Gasteiger partial charge >= 0.3 is 0 Å². The molecule has 1 amide bonds. The molecule has 3 heterocycles. The first-order valence-corrected chi connectivity index (χ1v) is 14.6. The van der Waals surface area contributed by atoms with Gasteiger partial charge in [-0.05, 0) is 99.5 Å². The molecule has 1 aliphatic rings. The van der Waals surface area contributed by atoms with E-state index >= 15 is 0 Å². The summed E-state index contributed by atoms with van der Waals surface area (Å²) in [6.45, 7) is 6.31. The molecule has 0 radical (unpaired) electrons. The molecule has 2 aromatic carbocycles. The second-order valence-electron chi connectivity index (χ2n) is 9.14. The van der Waals surface area contributed by atoms with E-state index in [1.165, 1.54) is 22.5 Å². The van der Waals surface area contributed by atoms with E-state index in [-0.39, 0.29) is 5.91 Å². The van der Waals surface area contributed by atoms with Crippen LogP contribution in [-0.2, 0) is 6.54 Å². The van der Waals surface area contributed by atoms with Crippen molar-refractivity contribution < 1.29 is 4.79 Å². The third-order valence-corrected chi connectivity index (χ3v) is 9.85. The van der Waals surface area contributed by atoms with E-state index in [1.807, 2.05) is 24.5 Å². The normalized spacial score (nSPS) is 14.2. The number of nitrogens with one attached hydrogen (secondary N) is 1. The summed E-state index contributed by atoms with van der Waals surface area (Å²) < 4.78 is 4.04. The van der Waals surface area contributed by atoms with Gasteiger partial charge in [0.05, 0.1) is 26.0 Å². The Balaban J connectivity index is 1.15. The fourth-order valence-corrected chi connectivity index (χ4v) is 6.69. The summed E-state index contributed by atoms with van der Waals surface area (Å²) in [5.41, 5.74) is 6.76. The highest BCUT2D eigenvalue weighted by molar-refractivity contribution is 9.13. The number of aryl methyl sites for hydroxylation is 2. The van der Waals surface area contributed by atoms with Gasteiger partial charge in [-0.3, -0.25) is 9.69 Å². The van der Waals surface area contributed by atoms with Crippen LogP contribution in [0.4, 0.5) is 5.69 Å². The van der Waals surface area contributed by atoms with Crippen LogP contribution < -0.4 is 5.32 Å². The van der Waals surface area contributed by atoms with E-state index in [4.69, 9.17) is 0 Å². The fraction of sp³-hybridized carbons (Fsp3) is 0.286. The highest BCUT2D eigenvalue weighted by Crippen LogP contribution is 2.33. The third-order valence-electron chi connectivity index (χ3n) is 6.59. The minimum atomic E-state index is -0.118. The van der Waals surface area contributed by atoms with Gasteiger partial charge in [-0.15, -0.1) is 11.3 Å². The lowest BCUT2D eigenvalue weighted by Crippen LogP contribution is -2.29. The molecule has 0 saturated carbocycles. The number of anilines is 1. The molecule has 0 unspecified atom stereocenters. The lowest BCUT2D eigenvalue weighted by atomic mass is 9.99. The van der Waals surface area contributed by atoms with Crippen molar-refractivity contribution in [2.45, 2.75) is 32.7 Å². The average molecular weight is 628 g/mol. The molecule has 0 aliphatic carbocycles. The minimum absolute atomic E-state index is 0.118. The van der Waals surface area contributed by atoms with Crippen molar-refractivity contribution in [1.82, 2.24) is 14.5 Å². The zero-order valence-corrected chi connectivity index (χ0v) is 24.1. The molecule has 0 fully saturated rings. The molecule has 186 valence electrons. The van der Waals surface area contributed by atoms with Crippen LogP contribution in [0.25, 0.3) is 16.6 Å². The van der Waals surface area contributed by atoms with Crippen LogP contribution in [-0.4, -0.2) is 40.0 Å². The highest BCUT2D eigenvalue weighted by atomic mass is 79.9. The number of nitrogens with zero attached hydrogens (tertiary/aromatic N) is 3. The van der Waals surface area contributed by atoms with Gasteiger partial charge in [-0.2, -0.15) is 0 Å². The summed E-state index contributed by atoms with van der Waals surface area (Å²) in [6, 6.07) is 16.5. The van der Waals surface area contributed by atoms with Gasteiger partial charge < -0.3 is 9.88 Å². The number of benzene rings is 2. The number of aromatic nitrogens is 2. The summed E-state index contributed by atoms with van der Waals surface area (Å²) in [5.74, 6) is -0.118. The lowest BCUT2D eigenvalue weighted by Gasteiger charge is -2.26. The first-order chi connectivity index (χ1) is 17.5. The highest BCUT2D eigenvalue weighted by Gasteiger charge is 2.15. The van der Waals surface area contributed by atoms with Gasteiger partial charge in [0.15, 0.2) is 0 Å². The topological polar surface area (TPSA) is 50.2 Å². The molecule has 8 heteroatoms.